The third-order valence-electron chi connectivity index (χ3n) is 3.74. The number of nitrogens with zero attached hydrogens (tertiary/aromatic N) is 3. The molecular weight excluding hydrogens is 326 g/mol. The smallest absolute Gasteiger partial charge is 0.337 e. The molecule has 120 valence electrons. The van der Waals surface area contributed by atoms with E-state index in [0.29, 0.717) is 22.6 Å². The van der Waals surface area contributed by atoms with Crippen molar-refractivity contribution in [2.45, 2.75) is 19.9 Å². The average Bonchev–Trinajstić information content (AvgIpc) is 3.02. The maximum absolute atomic E-state index is 12.8. The molecule has 2 heterocycles. The molecule has 1 N–H and O–H groups in total. The Balaban J connectivity index is 2.16. The molecule has 0 saturated carbocycles. The molecule has 0 amide bonds. The van der Waals surface area contributed by atoms with Crippen molar-refractivity contribution in [2.24, 2.45) is 0 Å². The van der Waals surface area contributed by atoms with Gasteiger partial charge in [-0.05, 0) is 17.7 Å². The highest BCUT2D eigenvalue weighted by molar-refractivity contribution is 7.17. The van der Waals surface area contributed by atoms with Gasteiger partial charge in [-0.2, -0.15) is 5.26 Å². The predicted molar refractivity (Wildman–Crippen MR) is 90.5 cm³/mol. The first-order valence-corrected chi connectivity index (χ1v) is 8.16. The fourth-order valence-corrected chi connectivity index (χ4v) is 3.45. The molecule has 2 aromatic heterocycles. The Kier molecular flexibility index (Phi) is 4.15. The monoisotopic (exact) mass is 339 g/mol. The minimum atomic E-state index is -1.13. The van der Waals surface area contributed by atoms with Gasteiger partial charge in [-0.15, -0.1) is 11.3 Å². The molecule has 0 atom stereocenters. The number of aromatic nitrogens is 2. The largest absolute Gasteiger partial charge is 0.478 e. The van der Waals surface area contributed by atoms with Crippen molar-refractivity contribution in [1.29, 1.82) is 5.26 Å². The van der Waals surface area contributed by atoms with Crippen molar-refractivity contribution in [3.05, 3.63) is 62.5 Å². The lowest BCUT2D eigenvalue weighted by Crippen LogP contribution is -2.26. The lowest BCUT2D eigenvalue weighted by atomic mass is 10.1. The molecule has 3 rings (SSSR count). The molecule has 1 aromatic carbocycles. The topological polar surface area (TPSA) is 96.0 Å². The van der Waals surface area contributed by atoms with Gasteiger partial charge in [0.2, 0.25) is 0 Å². The highest BCUT2D eigenvalue weighted by Gasteiger charge is 2.19. The third-order valence-corrected chi connectivity index (χ3v) is 4.62. The second kappa shape index (κ2) is 6.26. The van der Waals surface area contributed by atoms with Gasteiger partial charge in [0.15, 0.2) is 0 Å². The number of rotatable bonds is 4. The van der Waals surface area contributed by atoms with Gasteiger partial charge in [-0.3, -0.25) is 9.36 Å². The number of carbonyl (C=O) groups is 1. The first kappa shape index (κ1) is 15.9. The van der Waals surface area contributed by atoms with Gasteiger partial charge in [-0.25, -0.2) is 9.78 Å². The Morgan fingerprint density at radius 1 is 1.38 bits per heavy atom. The molecule has 0 bridgehead atoms. The summed E-state index contributed by atoms with van der Waals surface area (Å²) in [5.41, 5.74) is 1.03. The fourth-order valence-electron chi connectivity index (χ4n) is 2.52. The minimum Gasteiger partial charge on any atom is -0.478 e. The van der Waals surface area contributed by atoms with Crippen molar-refractivity contribution in [2.75, 3.05) is 0 Å². The molecular formula is C17H13N3O3S. The van der Waals surface area contributed by atoms with Crippen LogP contribution in [0.3, 0.4) is 0 Å². The van der Waals surface area contributed by atoms with E-state index in [1.54, 1.807) is 24.3 Å². The molecule has 0 aliphatic rings. The third kappa shape index (κ3) is 2.68. The van der Waals surface area contributed by atoms with Crippen LogP contribution in [0.15, 0.2) is 34.4 Å². The normalized spacial score (nSPS) is 10.7. The van der Waals surface area contributed by atoms with E-state index in [9.17, 15) is 14.7 Å². The maximum atomic E-state index is 12.8. The lowest BCUT2D eigenvalue weighted by molar-refractivity contribution is 0.0699. The zero-order valence-electron chi connectivity index (χ0n) is 12.8. The van der Waals surface area contributed by atoms with Crippen LogP contribution in [0.4, 0.5) is 0 Å². The number of nitriles is 1. The Morgan fingerprint density at radius 3 is 2.67 bits per heavy atom. The molecule has 6 nitrogen and oxygen atoms in total. The summed E-state index contributed by atoms with van der Waals surface area (Å²) in [6.07, 6.45) is 0.557. The Bertz CT molecular complexity index is 1030. The number of carboxylic acid groups (broad SMARTS) is 1. The van der Waals surface area contributed by atoms with E-state index in [2.05, 4.69) is 4.98 Å². The first-order chi connectivity index (χ1) is 11.5. The van der Waals surface area contributed by atoms with Crippen molar-refractivity contribution in [3.63, 3.8) is 0 Å². The number of aromatic carboxylic acids is 1. The van der Waals surface area contributed by atoms with Gasteiger partial charge >= 0.3 is 5.97 Å². The van der Waals surface area contributed by atoms with Crippen LogP contribution in [0.1, 0.15) is 34.2 Å². The van der Waals surface area contributed by atoms with E-state index >= 15 is 0 Å². The molecule has 7 heteroatoms. The standard InChI is InChI=1S/C17H13N3O3S/c1-2-13-19-15-14(12(9-24-15)17(22)23)16(21)20(13)8-11-5-3-10(7-18)4-6-11/h3-6,9H,2,8H2,1H3,(H,22,23). The fraction of sp³-hybridized carbons (Fsp3) is 0.176. The summed E-state index contributed by atoms with van der Waals surface area (Å²) in [5.74, 6) is -0.523. The number of benzene rings is 1. The van der Waals surface area contributed by atoms with E-state index in [1.807, 2.05) is 13.0 Å². The van der Waals surface area contributed by atoms with E-state index in [0.717, 1.165) is 16.9 Å². The lowest BCUT2D eigenvalue weighted by Gasteiger charge is -2.11. The van der Waals surface area contributed by atoms with E-state index in [-0.39, 0.29) is 23.1 Å². The maximum Gasteiger partial charge on any atom is 0.337 e. The van der Waals surface area contributed by atoms with Crippen molar-refractivity contribution < 1.29 is 9.90 Å². The number of thiophene rings is 1. The van der Waals surface area contributed by atoms with E-state index < -0.39 is 5.97 Å². The summed E-state index contributed by atoms with van der Waals surface area (Å²) in [4.78, 5) is 29.1. The summed E-state index contributed by atoms with van der Waals surface area (Å²) in [5, 5.41) is 19.7. The molecule has 3 aromatic rings. The molecule has 0 aliphatic heterocycles. The zero-order chi connectivity index (χ0) is 17.3. The van der Waals surface area contributed by atoms with Crippen LogP contribution in [-0.4, -0.2) is 20.6 Å². The number of aryl methyl sites for hydroxylation is 1. The predicted octanol–water partition coefficient (Wildman–Crippen LogP) is 2.64. The van der Waals surface area contributed by atoms with E-state index in [4.69, 9.17) is 5.26 Å². The highest BCUT2D eigenvalue weighted by Crippen LogP contribution is 2.22. The first-order valence-electron chi connectivity index (χ1n) is 7.28. The van der Waals surface area contributed by atoms with Gasteiger partial charge in [-0.1, -0.05) is 19.1 Å². The summed E-state index contributed by atoms with van der Waals surface area (Å²) < 4.78 is 1.50. The summed E-state index contributed by atoms with van der Waals surface area (Å²) in [7, 11) is 0. The Labute approximate surface area is 141 Å². The number of hydrogen-bond donors (Lipinski definition) is 1. The summed E-state index contributed by atoms with van der Waals surface area (Å²) in [6, 6.07) is 8.98. The Hall–Kier alpha value is -2.98. The van der Waals surface area contributed by atoms with Crippen molar-refractivity contribution >= 4 is 27.5 Å². The van der Waals surface area contributed by atoms with E-state index in [1.165, 1.54) is 9.95 Å². The van der Waals surface area contributed by atoms with Gasteiger partial charge < -0.3 is 5.11 Å². The van der Waals surface area contributed by atoms with Crippen LogP contribution < -0.4 is 5.56 Å². The van der Waals surface area contributed by atoms with Crippen LogP contribution in [0.2, 0.25) is 0 Å². The summed E-state index contributed by atoms with van der Waals surface area (Å²) >= 11 is 1.16. The SMILES string of the molecule is CCc1nc2scc(C(=O)O)c2c(=O)n1Cc1ccc(C#N)cc1. The van der Waals surface area contributed by atoms with Crippen LogP contribution >= 0.6 is 11.3 Å². The van der Waals surface area contributed by atoms with Crippen LogP contribution in [0.25, 0.3) is 10.2 Å². The van der Waals surface area contributed by atoms with Gasteiger partial charge in [0.05, 0.1) is 29.1 Å². The molecule has 0 fully saturated rings. The second-order valence-corrected chi connectivity index (χ2v) is 6.07. The molecule has 0 radical (unpaired) electrons. The van der Waals surface area contributed by atoms with Gasteiger partial charge in [0, 0.05) is 11.8 Å². The zero-order valence-corrected chi connectivity index (χ0v) is 13.6. The molecule has 24 heavy (non-hydrogen) atoms. The average molecular weight is 339 g/mol. The van der Waals surface area contributed by atoms with Crippen LogP contribution in [-0.2, 0) is 13.0 Å². The van der Waals surface area contributed by atoms with Gasteiger partial charge in [0.25, 0.3) is 5.56 Å². The molecule has 0 spiro atoms. The van der Waals surface area contributed by atoms with Crippen LogP contribution in [0, 0.1) is 11.3 Å². The number of fused-ring (bicyclic) bond motifs is 1. The Morgan fingerprint density at radius 2 is 2.08 bits per heavy atom. The quantitative estimate of drug-likeness (QED) is 0.788. The molecule has 0 saturated heterocycles. The van der Waals surface area contributed by atoms with Gasteiger partial charge in [0.1, 0.15) is 10.7 Å². The summed E-state index contributed by atoms with van der Waals surface area (Å²) in [6.45, 7) is 2.18. The molecule has 0 aliphatic carbocycles. The number of carboxylic acids is 1. The van der Waals surface area contributed by atoms with Crippen LogP contribution in [0.5, 0.6) is 0 Å². The second-order valence-electron chi connectivity index (χ2n) is 5.22. The highest BCUT2D eigenvalue weighted by atomic mass is 32.1. The number of hydrogen-bond acceptors (Lipinski definition) is 5. The van der Waals surface area contributed by atoms with Crippen molar-refractivity contribution in [3.8, 4) is 6.07 Å². The minimum absolute atomic E-state index is 0.0104. The van der Waals surface area contributed by atoms with Crippen molar-refractivity contribution in [1.82, 2.24) is 9.55 Å². The molecule has 0 unspecified atom stereocenters.